The first kappa shape index (κ1) is 25.2. The van der Waals surface area contributed by atoms with Gasteiger partial charge in [0.15, 0.2) is 0 Å². The van der Waals surface area contributed by atoms with Crippen LogP contribution in [0.25, 0.3) is 11.0 Å². The monoisotopic (exact) mass is 491 g/mol. The van der Waals surface area contributed by atoms with E-state index in [1.54, 1.807) is 37.5 Å². The Labute approximate surface area is 210 Å². The van der Waals surface area contributed by atoms with Crippen LogP contribution in [-0.2, 0) is 17.9 Å². The molecule has 0 unspecified atom stereocenters. The van der Waals surface area contributed by atoms with Gasteiger partial charge in [-0.05, 0) is 49.4 Å². The van der Waals surface area contributed by atoms with Crippen LogP contribution >= 0.6 is 0 Å². The van der Waals surface area contributed by atoms with Crippen molar-refractivity contribution in [3.8, 4) is 5.75 Å². The van der Waals surface area contributed by atoms with E-state index in [1.807, 2.05) is 12.1 Å². The van der Waals surface area contributed by atoms with Gasteiger partial charge in [-0.15, -0.1) is 6.58 Å². The molecule has 2 aromatic carbocycles. The molecular weight excluding hydrogens is 458 g/mol. The molecule has 9 nitrogen and oxygen atoms in total. The summed E-state index contributed by atoms with van der Waals surface area (Å²) in [6.45, 7) is 8.92. The molecule has 1 aliphatic heterocycles. The van der Waals surface area contributed by atoms with Crippen molar-refractivity contribution in [2.24, 2.45) is 0 Å². The van der Waals surface area contributed by atoms with E-state index in [2.05, 4.69) is 33.8 Å². The molecule has 36 heavy (non-hydrogen) atoms. The highest BCUT2D eigenvalue weighted by Gasteiger charge is 2.18. The zero-order valence-electron chi connectivity index (χ0n) is 20.7. The second-order valence-electron chi connectivity index (χ2n) is 8.81. The van der Waals surface area contributed by atoms with Crippen molar-refractivity contribution >= 4 is 22.6 Å². The van der Waals surface area contributed by atoms with Gasteiger partial charge in [-0.25, -0.2) is 0 Å². The molecule has 1 aliphatic rings. The van der Waals surface area contributed by atoms with Crippen LogP contribution in [0.15, 0.2) is 70.8 Å². The molecule has 4 rings (SSSR count). The van der Waals surface area contributed by atoms with Gasteiger partial charge in [-0.1, -0.05) is 18.2 Å². The number of benzene rings is 2. The third-order valence-electron chi connectivity index (χ3n) is 6.53. The fourth-order valence-electron chi connectivity index (χ4n) is 4.59. The summed E-state index contributed by atoms with van der Waals surface area (Å²) >= 11 is 0. The second kappa shape index (κ2) is 11.7. The number of allylic oxidation sites excluding steroid dienone is 1. The summed E-state index contributed by atoms with van der Waals surface area (Å²) in [4.78, 5) is 42.7. The highest BCUT2D eigenvalue weighted by atomic mass is 16.5. The van der Waals surface area contributed by atoms with E-state index in [0.29, 0.717) is 17.6 Å². The number of carbonyl (C=O) groups is 1. The predicted molar refractivity (Wildman–Crippen MR) is 142 cm³/mol. The van der Waals surface area contributed by atoms with Crippen LogP contribution in [0.1, 0.15) is 6.42 Å². The number of amides is 1. The first-order chi connectivity index (χ1) is 17.5. The van der Waals surface area contributed by atoms with Crippen molar-refractivity contribution < 1.29 is 9.53 Å². The van der Waals surface area contributed by atoms with Gasteiger partial charge in [0, 0.05) is 45.0 Å². The number of hydrogen-bond acceptors (Lipinski definition) is 6. The standard InChI is InChI=1S/C27H33N5O4/c1-3-14-31-23-7-4-5-8-24(23)32(27(35)26(31)34)20-25(33)28-13-6-15-29-16-18-30(19-17-29)21-9-11-22(36-2)12-10-21/h3-5,7-12H,1,6,13-20H2,2H3,(H,28,33). The molecule has 1 fully saturated rings. The lowest BCUT2D eigenvalue weighted by molar-refractivity contribution is -0.121. The molecule has 0 aliphatic carbocycles. The number of carbonyl (C=O) groups excluding carboxylic acids is 1. The average molecular weight is 492 g/mol. The van der Waals surface area contributed by atoms with Gasteiger partial charge in [0.2, 0.25) is 5.91 Å². The number of nitrogens with zero attached hydrogens (tertiary/aromatic N) is 4. The summed E-state index contributed by atoms with van der Waals surface area (Å²) in [6.07, 6.45) is 2.38. The summed E-state index contributed by atoms with van der Waals surface area (Å²) in [5, 5.41) is 2.89. The third kappa shape index (κ3) is 5.68. The van der Waals surface area contributed by atoms with Crippen molar-refractivity contribution in [3.63, 3.8) is 0 Å². The minimum atomic E-state index is -0.708. The first-order valence-electron chi connectivity index (χ1n) is 12.2. The average Bonchev–Trinajstić information content (AvgIpc) is 2.92. The number of ether oxygens (including phenoxy) is 1. The SMILES string of the molecule is C=CCn1c(=O)c(=O)n(CC(=O)NCCCN2CCN(c3ccc(OC)cc3)CC2)c2ccccc21. The number of nitrogens with one attached hydrogen (secondary N) is 1. The number of para-hydroxylation sites is 2. The molecule has 1 saturated heterocycles. The second-order valence-corrected chi connectivity index (χ2v) is 8.81. The van der Waals surface area contributed by atoms with Crippen LogP contribution in [0.4, 0.5) is 5.69 Å². The summed E-state index contributed by atoms with van der Waals surface area (Å²) in [5.74, 6) is 0.571. The number of fused-ring (bicyclic) bond motifs is 1. The van der Waals surface area contributed by atoms with Crippen molar-refractivity contribution in [1.29, 1.82) is 0 Å². The number of rotatable bonds is 10. The van der Waals surface area contributed by atoms with Crippen LogP contribution in [0.2, 0.25) is 0 Å². The highest BCUT2D eigenvalue weighted by molar-refractivity contribution is 5.80. The van der Waals surface area contributed by atoms with Crippen molar-refractivity contribution in [1.82, 2.24) is 19.4 Å². The van der Waals surface area contributed by atoms with E-state index in [9.17, 15) is 14.4 Å². The maximum Gasteiger partial charge on any atom is 0.317 e. The van der Waals surface area contributed by atoms with Crippen molar-refractivity contribution in [2.45, 2.75) is 19.5 Å². The van der Waals surface area contributed by atoms with Gasteiger partial charge < -0.3 is 15.0 Å². The van der Waals surface area contributed by atoms with Crippen molar-refractivity contribution in [2.75, 3.05) is 51.3 Å². The molecule has 1 amide bonds. The minimum Gasteiger partial charge on any atom is -0.497 e. The molecule has 0 atom stereocenters. The highest BCUT2D eigenvalue weighted by Crippen LogP contribution is 2.20. The number of hydrogen-bond donors (Lipinski definition) is 1. The van der Waals surface area contributed by atoms with Gasteiger partial charge in [0.25, 0.3) is 0 Å². The lowest BCUT2D eigenvalue weighted by Crippen LogP contribution is -2.47. The zero-order chi connectivity index (χ0) is 25.5. The summed E-state index contributed by atoms with van der Waals surface area (Å²) < 4.78 is 7.87. The van der Waals surface area contributed by atoms with Gasteiger partial charge in [-0.3, -0.25) is 28.4 Å². The smallest absolute Gasteiger partial charge is 0.317 e. The predicted octanol–water partition coefficient (Wildman–Crippen LogP) is 1.69. The number of anilines is 1. The Morgan fingerprint density at radius 2 is 1.61 bits per heavy atom. The quantitative estimate of drug-likeness (QED) is 0.264. The molecule has 0 saturated carbocycles. The Morgan fingerprint density at radius 1 is 0.972 bits per heavy atom. The van der Waals surface area contributed by atoms with Crippen LogP contribution < -0.4 is 26.1 Å². The van der Waals surface area contributed by atoms with E-state index >= 15 is 0 Å². The number of aromatic nitrogens is 2. The van der Waals surface area contributed by atoms with E-state index in [1.165, 1.54) is 14.8 Å². The Bertz CT molecular complexity index is 1320. The maximum atomic E-state index is 12.7. The summed E-state index contributed by atoms with van der Waals surface area (Å²) in [6, 6.07) is 15.2. The van der Waals surface area contributed by atoms with E-state index in [4.69, 9.17) is 4.74 Å². The molecule has 3 aromatic rings. The van der Waals surface area contributed by atoms with Gasteiger partial charge in [-0.2, -0.15) is 0 Å². The Kier molecular flexibility index (Phi) is 8.22. The number of piperazine rings is 1. The molecule has 2 heterocycles. The molecule has 9 heteroatoms. The topological polar surface area (TPSA) is 88.8 Å². The van der Waals surface area contributed by atoms with E-state index < -0.39 is 11.1 Å². The lowest BCUT2D eigenvalue weighted by Gasteiger charge is -2.36. The van der Waals surface area contributed by atoms with Crippen LogP contribution in [0, 0.1) is 0 Å². The van der Waals surface area contributed by atoms with Crippen LogP contribution in [0.3, 0.4) is 0 Å². The first-order valence-corrected chi connectivity index (χ1v) is 12.2. The Hall–Kier alpha value is -3.85. The van der Waals surface area contributed by atoms with Gasteiger partial charge in [0.05, 0.1) is 18.1 Å². The summed E-state index contributed by atoms with van der Waals surface area (Å²) in [7, 11) is 1.67. The van der Waals surface area contributed by atoms with E-state index in [0.717, 1.165) is 44.9 Å². The fraction of sp³-hybridized carbons (Fsp3) is 0.370. The lowest BCUT2D eigenvalue weighted by atomic mass is 10.2. The maximum absolute atomic E-state index is 12.7. The van der Waals surface area contributed by atoms with Crippen LogP contribution in [0.5, 0.6) is 5.75 Å². The molecule has 1 N–H and O–H groups in total. The summed E-state index contributed by atoms with van der Waals surface area (Å²) in [5.41, 5.74) is 0.982. The minimum absolute atomic E-state index is 0.190. The largest absolute Gasteiger partial charge is 0.497 e. The molecule has 0 bridgehead atoms. The van der Waals surface area contributed by atoms with Gasteiger partial charge in [0.1, 0.15) is 12.3 Å². The van der Waals surface area contributed by atoms with Crippen molar-refractivity contribution in [3.05, 3.63) is 81.9 Å². The van der Waals surface area contributed by atoms with E-state index in [-0.39, 0.29) is 19.0 Å². The van der Waals surface area contributed by atoms with Crippen LogP contribution in [-0.4, -0.2) is 66.3 Å². The fourth-order valence-corrected chi connectivity index (χ4v) is 4.59. The molecular formula is C27H33N5O4. The number of methoxy groups -OCH3 is 1. The molecule has 0 spiro atoms. The Morgan fingerprint density at radius 3 is 2.25 bits per heavy atom. The zero-order valence-corrected chi connectivity index (χ0v) is 20.7. The molecule has 1 aromatic heterocycles. The molecule has 190 valence electrons. The Balaban J connectivity index is 1.26. The normalized spacial score (nSPS) is 14.1. The third-order valence-corrected chi connectivity index (χ3v) is 6.53. The molecule has 0 radical (unpaired) electrons. The van der Waals surface area contributed by atoms with Gasteiger partial charge >= 0.3 is 11.1 Å².